The molecule has 0 radical (unpaired) electrons. The molecule has 8 unspecified atom stereocenters. The van der Waals surface area contributed by atoms with Crippen LogP contribution in [0.5, 0.6) is 0 Å². The first kappa shape index (κ1) is 31.6. The average Bonchev–Trinajstić information content (AvgIpc) is 3.53. The largest absolute Gasteiger partial charge is 0.458 e. The van der Waals surface area contributed by atoms with Gasteiger partial charge in [0.05, 0.1) is 31.3 Å². The molecule has 44 heavy (non-hydrogen) atoms. The van der Waals surface area contributed by atoms with E-state index in [9.17, 15) is 36.4 Å². The first-order chi connectivity index (χ1) is 20.6. The molecule has 246 valence electrons. The molecule has 6 aliphatic carbocycles. The van der Waals surface area contributed by atoms with E-state index < -0.39 is 94.4 Å². The number of alkyl halides is 2. The predicted molar refractivity (Wildman–Crippen MR) is 142 cm³/mol. The molecule has 7 aliphatic rings. The lowest BCUT2D eigenvalue weighted by Gasteiger charge is -2.56. The highest BCUT2D eigenvalue weighted by molar-refractivity contribution is 7.86. The van der Waals surface area contributed by atoms with E-state index in [1.165, 1.54) is 19.3 Å². The number of fused-ring (bicyclic) bond motifs is 1. The summed E-state index contributed by atoms with van der Waals surface area (Å²) in [5.41, 5.74) is 0.130. The molecule has 6 saturated carbocycles. The predicted octanol–water partition coefficient (Wildman–Crippen LogP) is 3.02. The van der Waals surface area contributed by atoms with Gasteiger partial charge in [-0.3, -0.25) is 23.7 Å². The van der Waals surface area contributed by atoms with E-state index in [1.807, 2.05) is 0 Å². The van der Waals surface area contributed by atoms with E-state index in [4.69, 9.17) is 23.5 Å². The molecule has 0 aromatic rings. The van der Waals surface area contributed by atoms with Crippen LogP contribution in [-0.2, 0) is 53.0 Å². The summed E-state index contributed by atoms with van der Waals surface area (Å²) >= 11 is 0. The molecule has 6 bridgehead atoms. The van der Waals surface area contributed by atoms with Gasteiger partial charge in [0.25, 0.3) is 0 Å². The topological polar surface area (TPSA) is 169 Å². The Bertz CT molecular complexity index is 1280. The van der Waals surface area contributed by atoms with Crippen molar-refractivity contribution in [3.63, 3.8) is 0 Å². The van der Waals surface area contributed by atoms with Crippen LogP contribution in [-0.4, -0.2) is 73.3 Å². The summed E-state index contributed by atoms with van der Waals surface area (Å²) in [4.78, 5) is 50.6. The number of halogens is 2. The Kier molecular flexibility index (Phi) is 8.00. The fraction of sp³-hybridized carbons (Fsp3) is 0.862. The van der Waals surface area contributed by atoms with Crippen LogP contribution < -0.4 is 0 Å². The second-order valence-electron chi connectivity index (χ2n) is 13.9. The SMILES string of the molecule is CC(OCC12CC3CC(CC(C3)C1)C2)OC(=O)C1C2CC3C(OC(=O)C31)C2OC(=O)CCC(=O)OC(C)C(F)(F)S(=O)(=O)O. The minimum Gasteiger partial charge on any atom is -0.458 e. The van der Waals surface area contributed by atoms with Gasteiger partial charge in [-0.05, 0) is 82.0 Å². The lowest BCUT2D eigenvalue weighted by Crippen LogP contribution is -2.49. The lowest BCUT2D eigenvalue weighted by molar-refractivity contribution is -0.199. The van der Waals surface area contributed by atoms with Crippen molar-refractivity contribution in [3.8, 4) is 0 Å². The number of ether oxygens (including phenoxy) is 5. The standard InChI is InChI=1S/C29H38F2O12S/c1-13(29(30,31)44(36,37)38)40-20(32)3-4-21(33)42-24-18-8-19-23(27(35)43-25(19)24)22(18)26(34)41-14(2)39-12-28-9-15-5-16(10-28)7-17(6-15)11-28/h13-19,22-25H,3-12H2,1-2H3,(H,36,37,38). The normalized spacial score (nSPS) is 39.6. The van der Waals surface area contributed by atoms with Crippen LogP contribution in [0.3, 0.4) is 0 Å². The van der Waals surface area contributed by atoms with Crippen LogP contribution in [0.2, 0.25) is 0 Å². The van der Waals surface area contributed by atoms with Crippen molar-refractivity contribution in [2.45, 2.75) is 101 Å². The summed E-state index contributed by atoms with van der Waals surface area (Å²) in [7, 11) is -5.83. The van der Waals surface area contributed by atoms with Crippen LogP contribution in [0, 0.1) is 46.8 Å². The smallest absolute Gasteiger partial charge is 0.405 e. The zero-order valence-electron chi connectivity index (χ0n) is 24.5. The molecule has 7 fully saturated rings. The molecule has 8 atom stereocenters. The monoisotopic (exact) mass is 648 g/mol. The first-order valence-corrected chi connectivity index (χ1v) is 16.8. The number of hydrogen-bond acceptors (Lipinski definition) is 11. The summed E-state index contributed by atoms with van der Waals surface area (Å²) in [6, 6.07) is 0. The van der Waals surface area contributed by atoms with Crippen LogP contribution in [0.4, 0.5) is 8.78 Å². The fourth-order valence-corrected chi connectivity index (χ4v) is 9.92. The van der Waals surface area contributed by atoms with Crippen molar-refractivity contribution in [2.24, 2.45) is 46.8 Å². The summed E-state index contributed by atoms with van der Waals surface area (Å²) < 4.78 is 84.7. The van der Waals surface area contributed by atoms with E-state index >= 15 is 0 Å². The van der Waals surface area contributed by atoms with Gasteiger partial charge in [0.15, 0.2) is 12.4 Å². The molecule has 1 N–H and O–H groups in total. The quantitative estimate of drug-likeness (QED) is 0.142. The molecule has 1 saturated heterocycles. The number of hydrogen-bond donors (Lipinski definition) is 1. The van der Waals surface area contributed by atoms with Gasteiger partial charge in [0.1, 0.15) is 12.2 Å². The van der Waals surface area contributed by atoms with Gasteiger partial charge in [-0.15, -0.1) is 0 Å². The van der Waals surface area contributed by atoms with Gasteiger partial charge in [0.2, 0.25) is 0 Å². The third-order valence-electron chi connectivity index (χ3n) is 10.8. The van der Waals surface area contributed by atoms with Crippen LogP contribution >= 0.6 is 0 Å². The second kappa shape index (κ2) is 11.1. The summed E-state index contributed by atoms with van der Waals surface area (Å²) in [6.45, 7) is 2.76. The second-order valence-corrected chi connectivity index (χ2v) is 15.4. The zero-order chi connectivity index (χ0) is 31.8. The Morgan fingerprint density at radius 2 is 1.57 bits per heavy atom. The number of rotatable bonds is 12. The molecule has 12 nitrogen and oxygen atoms in total. The van der Waals surface area contributed by atoms with Crippen molar-refractivity contribution in [2.75, 3.05) is 6.61 Å². The van der Waals surface area contributed by atoms with Crippen molar-refractivity contribution >= 4 is 34.0 Å². The molecule has 7 rings (SSSR count). The van der Waals surface area contributed by atoms with Crippen LogP contribution in [0.1, 0.15) is 71.6 Å². The zero-order valence-corrected chi connectivity index (χ0v) is 25.3. The van der Waals surface area contributed by atoms with E-state index in [0.717, 1.165) is 37.0 Å². The Labute approximate surface area is 253 Å². The van der Waals surface area contributed by atoms with Crippen LogP contribution in [0.15, 0.2) is 0 Å². The Balaban J connectivity index is 1.01. The maximum absolute atomic E-state index is 13.6. The maximum atomic E-state index is 13.6. The highest BCUT2D eigenvalue weighted by Gasteiger charge is 2.70. The van der Waals surface area contributed by atoms with Gasteiger partial charge < -0.3 is 23.7 Å². The third kappa shape index (κ3) is 5.61. The molecular weight excluding hydrogens is 610 g/mol. The first-order valence-electron chi connectivity index (χ1n) is 15.3. The molecule has 0 spiro atoms. The van der Waals surface area contributed by atoms with Crippen molar-refractivity contribution in [1.29, 1.82) is 0 Å². The average molecular weight is 649 g/mol. The van der Waals surface area contributed by atoms with Gasteiger partial charge in [-0.2, -0.15) is 17.2 Å². The van der Waals surface area contributed by atoms with Crippen molar-refractivity contribution in [3.05, 3.63) is 0 Å². The molecular formula is C29H38F2O12S. The lowest BCUT2D eigenvalue weighted by atomic mass is 9.50. The van der Waals surface area contributed by atoms with Crippen molar-refractivity contribution in [1.82, 2.24) is 0 Å². The minimum atomic E-state index is -5.83. The maximum Gasteiger partial charge on any atom is 0.405 e. The van der Waals surface area contributed by atoms with Gasteiger partial charge in [-0.25, -0.2) is 0 Å². The van der Waals surface area contributed by atoms with Crippen molar-refractivity contribution < 1.29 is 64.6 Å². The minimum absolute atomic E-state index is 0.130. The molecule has 0 aromatic carbocycles. The molecule has 1 aliphatic heterocycles. The van der Waals surface area contributed by atoms with Gasteiger partial charge in [-0.1, -0.05) is 0 Å². The van der Waals surface area contributed by atoms with Crippen LogP contribution in [0.25, 0.3) is 0 Å². The van der Waals surface area contributed by atoms with E-state index in [2.05, 4.69) is 4.74 Å². The fourth-order valence-electron chi connectivity index (χ4n) is 9.46. The molecule has 0 amide bonds. The van der Waals surface area contributed by atoms with E-state index in [1.54, 1.807) is 6.92 Å². The Morgan fingerprint density at radius 3 is 2.16 bits per heavy atom. The number of carbonyl (C=O) groups excluding carboxylic acids is 4. The summed E-state index contributed by atoms with van der Waals surface area (Å²) in [6.07, 6.45) is 1.35. The number of esters is 4. The Hall–Kier alpha value is -2.39. The van der Waals surface area contributed by atoms with Gasteiger partial charge >= 0.3 is 39.2 Å². The highest BCUT2D eigenvalue weighted by atomic mass is 32.2. The van der Waals surface area contributed by atoms with E-state index in [-0.39, 0.29) is 11.3 Å². The molecule has 0 aromatic heterocycles. The van der Waals surface area contributed by atoms with E-state index in [0.29, 0.717) is 20.0 Å². The Morgan fingerprint density at radius 1 is 0.977 bits per heavy atom. The van der Waals surface area contributed by atoms with Gasteiger partial charge in [0, 0.05) is 11.8 Å². The summed E-state index contributed by atoms with van der Waals surface area (Å²) in [5.74, 6) is -3.71. The summed E-state index contributed by atoms with van der Waals surface area (Å²) in [5, 5.41) is -4.74. The third-order valence-corrected chi connectivity index (χ3v) is 11.8. The molecule has 1 heterocycles. The number of carbonyl (C=O) groups is 4. The molecule has 15 heteroatoms. The highest BCUT2D eigenvalue weighted by Crippen LogP contribution is 2.61.